The number of nitrogens with zero attached hydrogens (tertiary/aromatic N) is 3. The molecule has 5 nitrogen and oxygen atoms in total. The number of aromatic nitrogens is 2. The van der Waals surface area contributed by atoms with E-state index >= 15 is 0 Å². The third-order valence-corrected chi connectivity index (χ3v) is 6.75. The molecule has 1 amide bonds. The highest BCUT2D eigenvalue weighted by Crippen LogP contribution is 2.31. The van der Waals surface area contributed by atoms with Crippen molar-refractivity contribution in [1.82, 2.24) is 9.55 Å². The van der Waals surface area contributed by atoms with Gasteiger partial charge in [-0.1, -0.05) is 29.3 Å². The summed E-state index contributed by atoms with van der Waals surface area (Å²) < 4.78 is 21.5. The zero-order valence-electron chi connectivity index (χ0n) is 21.3. The van der Waals surface area contributed by atoms with Gasteiger partial charge in [-0.05, 0) is 88.2 Å². The van der Waals surface area contributed by atoms with E-state index in [2.05, 4.69) is 23.4 Å². The summed E-state index contributed by atoms with van der Waals surface area (Å²) in [5.41, 5.74) is 4.61. The smallest absolute Gasteiger partial charge is 0.415 e. The molecule has 0 fully saturated rings. The van der Waals surface area contributed by atoms with Gasteiger partial charge < -0.3 is 9.30 Å². The third kappa shape index (κ3) is 6.38. The first-order valence-corrected chi connectivity index (χ1v) is 12.3. The zero-order chi connectivity index (χ0) is 26.2. The van der Waals surface area contributed by atoms with E-state index in [0.29, 0.717) is 28.0 Å². The number of pyridine rings is 1. The molecule has 0 unspecified atom stereocenters. The van der Waals surface area contributed by atoms with E-state index in [4.69, 9.17) is 27.9 Å². The van der Waals surface area contributed by atoms with Crippen molar-refractivity contribution in [3.8, 4) is 0 Å². The average Bonchev–Trinajstić information content (AvgIpc) is 3.05. The quantitative estimate of drug-likeness (QED) is 0.244. The van der Waals surface area contributed by atoms with Gasteiger partial charge in [0.15, 0.2) is 0 Å². The van der Waals surface area contributed by atoms with Gasteiger partial charge in [0.2, 0.25) is 0 Å². The maximum Gasteiger partial charge on any atom is 0.415 e. The Morgan fingerprint density at radius 2 is 1.73 bits per heavy atom. The van der Waals surface area contributed by atoms with Crippen LogP contribution in [0.25, 0.3) is 10.9 Å². The molecule has 196 valence electrons. The second-order valence-electron chi connectivity index (χ2n) is 9.74. The number of hydrogen-bond donors (Lipinski definition) is 0. The number of amides is 1. The summed E-state index contributed by atoms with van der Waals surface area (Å²) in [5, 5.41) is 2.03. The lowest BCUT2D eigenvalue weighted by atomic mass is 10.1. The van der Waals surface area contributed by atoms with Crippen molar-refractivity contribution >= 4 is 58.3 Å². The molecule has 0 aliphatic carbocycles. The Labute approximate surface area is 232 Å². The van der Waals surface area contributed by atoms with Crippen LogP contribution in [0.1, 0.15) is 43.3 Å². The Morgan fingerprint density at radius 3 is 2.35 bits per heavy atom. The first-order chi connectivity index (χ1) is 16.9. The summed E-state index contributed by atoms with van der Waals surface area (Å²) in [4.78, 5) is 19.4. The summed E-state index contributed by atoms with van der Waals surface area (Å²) in [6, 6.07) is 13.3. The molecule has 0 bridgehead atoms. The molecule has 0 saturated carbocycles. The van der Waals surface area contributed by atoms with Crippen LogP contribution in [-0.4, -0.2) is 21.2 Å². The fraction of sp³-hybridized carbons (Fsp3) is 0.286. The number of carbonyl (C=O) groups is 1. The van der Waals surface area contributed by atoms with Crippen LogP contribution in [0.4, 0.5) is 14.9 Å². The minimum Gasteiger partial charge on any atom is -0.443 e. The lowest BCUT2D eigenvalue weighted by Crippen LogP contribution is -2.36. The Bertz CT molecular complexity index is 1430. The van der Waals surface area contributed by atoms with E-state index in [0.717, 1.165) is 27.7 Å². The van der Waals surface area contributed by atoms with Gasteiger partial charge in [-0.25, -0.2) is 9.18 Å². The van der Waals surface area contributed by atoms with Crippen LogP contribution in [0.15, 0.2) is 54.7 Å². The van der Waals surface area contributed by atoms with Crippen molar-refractivity contribution < 1.29 is 13.9 Å². The number of fused-ring (bicyclic) bond motifs is 1. The van der Waals surface area contributed by atoms with E-state index in [9.17, 15) is 9.18 Å². The molecule has 0 atom stereocenters. The van der Waals surface area contributed by atoms with Crippen molar-refractivity contribution in [3.63, 3.8) is 0 Å². The van der Waals surface area contributed by atoms with E-state index in [1.54, 1.807) is 24.4 Å². The first kappa shape index (κ1) is 28.8. The maximum atomic E-state index is 13.6. The van der Waals surface area contributed by atoms with Crippen LogP contribution in [-0.2, 0) is 17.8 Å². The molecule has 0 saturated heterocycles. The Balaban J connectivity index is 0.00000380. The SMILES string of the molecule is Cc1c(C)n(Cc2ccc(Cl)c(Cl)c2)c2c(CN(C(=O)OC(C)(C)C)c3ccc(F)cc3)nccc12.Cl. The average molecular weight is 565 g/mol. The summed E-state index contributed by atoms with van der Waals surface area (Å²) in [6.07, 6.45) is 1.20. The van der Waals surface area contributed by atoms with Gasteiger partial charge in [0.1, 0.15) is 11.4 Å². The van der Waals surface area contributed by atoms with Gasteiger partial charge >= 0.3 is 6.09 Å². The Morgan fingerprint density at radius 1 is 1.05 bits per heavy atom. The molecule has 0 aliphatic rings. The van der Waals surface area contributed by atoms with Crippen LogP contribution in [0, 0.1) is 19.7 Å². The fourth-order valence-corrected chi connectivity index (χ4v) is 4.47. The van der Waals surface area contributed by atoms with Crippen molar-refractivity contribution in [2.24, 2.45) is 0 Å². The minimum absolute atomic E-state index is 0. The molecule has 2 aromatic heterocycles. The van der Waals surface area contributed by atoms with Gasteiger partial charge in [0.25, 0.3) is 0 Å². The molecule has 2 aromatic carbocycles. The molecule has 4 aromatic rings. The van der Waals surface area contributed by atoms with Gasteiger partial charge in [0, 0.05) is 29.5 Å². The van der Waals surface area contributed by atoms with Crippen molar-refractivity contribution in [1.29, 1.82) is 0 Å². The predicted molar refractivity (Wildman–Crippen MR) is 151 cm³/mol. The highest BCUT2D eigenvalue weighted by molar-refractivity contribution is 6.42. The van der Waals surface area contributed by atoms with Crippen LogP contribution >= 0.6 is 35.6 Å². The highest BCUT2D eigenvalue weighted by Gasteiger charge is 2.26. The summed E-state index contributed by atoms with van der Waals surface area (Å²) >= 11 is 12.4. The number of carbonyl (C=O) groups excluding carboxylic acids is 1. The number of aryl methyl sites for hydroxylation is 1. The van der Waals surface area contributed by atoms with Gasteiger partial charge in [-0.2, -0.15) is 0 Å². The Kier molecular flexibility index (Phi) is 8.78. The molecular weight excluding hydrogens is 536 g/mol. The lowest BCUT2D eigenvalue weighted by Gasteiger charge is -2.27. The topological polar surface area (TPSA) is 47.4 Å². The van der Waals surface area contributed by atoms with Crippen LogP contribution in [0.3, 0.4) is 0 Å². The normalized spacial score (nSPS) is 11.4. The molecular formula is C28H29Cl3FN3O2. The largest absolute Gasteiger partial charge is 0.443 e. The molecule has 37 heavy (non-hydrogen) atoms. The Hall–Kier alpha value is -2.80. The second kappa shape index (κ2) is 11.3. The summed E-state index contributed by atoms with van der Waals surface area (Å²) in [6.45, 7) is 10.2. The van der Waals surface area contributed by atoms with E-state index in [-0.39, 0.29) is 24.8 Å². The van der Waals surface area contributed by atoms with E-state index in [1.165, 1.54) is 17.0 Å². The van der Waals surface area contributed by atoms with E-state index < -0.39 is 11.7 Å². The van der Waals surface area contributed by atoms with Crippen LogP contribution < -0.4 is 4.90 Å². The molecule has 0 N–H and O–H groups in total. The monoisotopic (exact) mass is 563 g/mol. The molecule has 2 heterocycles. The van der Waals surface area contributed by atoms with E-state index in [1.807, 2.05) is 39.0 Å². The second-order valence-corrected chi connectivity index (χ2v) is 10.6. The first-order valence-electron chi connectivity index (χ1n) is 11.6. The number of ether oxygens (including phenoxy) is 1. The van der Waals surface area contributed by atoms with Crippen LogP contribution in [0.5, 0.6) is 0 Å². The van der Waals surface area contributed by atoms with Crippen LogP contribution in [0.2, 0.25) is 10.0 Å². The van der Waals surface area contributed by atoms with Gasteiger partial charge in [0.05, 0.1) is 27.8 Å². The number of benzene rings is 2. The highest BCUT2D eigenvalue weighted by atomic mass is 35.5. The molecule has 4 rings (SSSR count). The minimum atomic E-state index is -0.698. The maximum absolute atomic E-state index is 13.6. The van der Waals surface area contributed by atoms with Crippen molar-refractivity contribution in [2.45, 2.75) is 53.3 Å². The summed E-state index contributed by atoms with van der Waals surface area (Å²) in [5.74, 6) is -0.384. The molecule has 0 radical (unpaired) electrons. The molecule has 9 heteroatoms. The van der Waals surface area contributed by atoms with Gasteiger partial charge in [-0.15, -0.1) is 12.4 Å². The van der Waals surface area contributed by atoms with Gasteiger partial charge in [-0.3, -0.25) is 9.88 Å². The summed E-state index contributed by atoms with van der Waals surface area (Å²) in [7, 11) is 0. The third-order valence-electron chi connectivity index (χ3n) is 6.01. The molecule has 0 spiro atoms. The number of hydrogen-bond acceptors (Lipinski definition) is 3. The molecule has 0 aliphatic heterocycles. The number of anilines is 1. The van der Waals surface area contributed by atoms with Crippen molar-refractivity contribution in [2.75, 3.05) is 4.90 Å². The van der Waals surface area contributed by atoms with Crippen molar-refractivity contribution in [3.05, 3.63) is 93.1 Å². The number of rotatable bonds is 5. The standard InChI is InChI=1S/C28H28Cl2FN3O2.ClH/c1-17-18(2)33(15-19-6-11-23(29)24(30)14-19)26-22(17)12-13-32-25(26)16-34(27(35)36-28(3,4)5)21-9-7-20(31)8-10-21;/h6-14H,15-16H2,1-5H3;1H. The fourth-order valence-electron chi connectivity index (χ4n) is 4.15. The predicted octanol–water partition coefficient (Wildman–Crippen LogP) is 8.51. The zero-order valence-corrected chi connectivity index (χ0v) is 23.6. The lowest BCUT2D eigenvalue weighted by molar-refractivity contribution is 0.0577. The number of halogens is 4.